The number of carbonyl (C=O) groups excluding carboxylic acids is 1. The molecule has 1 aliphatic rings. The number of hydrogen-bond acceptors (Lipinski definition) is 2. The van der Waals surface area contributed by atoms with Gasteiger partial charge in [-0.05, 0) is 61.6 Å². The molecule has 0 spiro atoms. The van der Waals surface area contributed by atoms with E-state index in [9.17, 15) is 13.6 Å². The maximum atomic E-state index is 13.7. The Morgan fingerprint density at radius 2 is 2.00 bits per heavy atom. The van der Waals surface area contributed by atoms with Crippen LogP contribution in [0.25, 0.3) is 21.9 Å². The van der Waals surface area contributed by atoms with Crippen molar-refractivity contribution in [2.75, 3.05) is 6.54 Å². The maximum absolute atomic E-state index is 13.7. The van der Waals surface area contributed by atoms with Crippen LogP contribution >= 0.6 is 0 Å². The molecule has 1 atom stereocenters. The van der Waals surface area contributed by atoms with Crippen LogP contribution in [0.2, 0.25) is 0 Å². The Labute approximate surface area is 178 Å². The summed E-state index contributed by atoms with van der Waals surface area (Å²) < 4.78 is 28.4. The molecule has 0 aliphatic heterocycles. The normalized spacial score (nSPS) is 14.8. The molecule has 0 saturated carbocycles. The first-order valence-electron chi connectivity index (χ1n) is 10.7. The van der Waals surface area contributed by atoms with Crippen molar-refractivity contribution in [2.45, 2.75) is 45.1 Å². The zero-order valence-electron chi connectivity index (χ0n) is 17.3. The van der Waals surface area contributed by atoms with Crippen LogP contribution in [0.1, 0.15) is 59.7 Å². The van der Waals surface area contributed by atoms with Crippen LogP contribution < -0.4 is 5.32 Å². The minimum absolute atomic E-state index is 0.209. The second-order valence-electron chi connectivity index (χ2n) is 8.27. The zero-order valence-corrected chi connectivity index (χ0v) is 17.3. The van der Waals surface area contributed by atoms with Gasteiger partial charge in [0.05, 0.1) is 11.0 Å². The summed E-state index contributed by atoms with van der Waals surface area (Å²) in [5, 5.41) is 4.00. The van der Waals surface area contributed by atoms with Crippen LogP contribution in [-0.4, -0.2) is 27.0 Å². The molecule has 0 radical (unpaired) electrons. The third-order valence-electron chi connectivity index (χ3n) is 6.19. The molecule has 160 valence electrons. The molecule has 5 nitrogen and oxygen atoms in total. The number of rotatable bonds is 5. The highest BCUT2D eigenvalue weighted by Gasteiger charge is 2.22. The molecule has 7 heteroatoms. The van der Waals surface area contributed by atoms with Gasteiger partial charge in [-0.2, -0.15) is 8.78 Å². The minimum atomic E-state index is -2.69. The molecular weight excluding hydrogens is 398 g/mol. The lowest BCUT2D eigenvalue weighted by atomic mass is 9.95. The van der Waals surface area contributed by atoms with Crippen LogP contribution in [0.15, 0.2) is 42.5 Å². The molecule has 0 fully saturated rings. The number of para-hydroxylation sites is 2. The number of aryl methyl sites for hydroxylation is 2. The molecule has 1 amide bonds. The molecule has 0 saturated heterocycles. The van der Waals surface area contributed by atoms with Crippen molar-refractivity contribution in [3.05, 3.63) is 65.1 Å². The summed E-state index contributed by atoms with van der Waals surface area (Å²) in [7, 11) is 0. The summed E-state index contributed by atoms with van der Waals surface area (Å²) in [6, 6.07) is 12.5. The summed E-state index contributed by atoms with van der Waals surface area (Å²) in [6.07, 6.45) is 4.43. The number of nitrogens with one attached hydrogen (secondary N) is 2. The van der Waals surface area contributed by atoms with E-state index >= 15 is 0 Å². The quantitative estimate of drug-likeness (QED) is 0.457. The highest BCUT2D eigenvalue weighted by Crippen LogP contribution is 2.30. The van der Waals surface area contributed by atoms with Gasteiger partial charge in [0.15, 0.2) is 0 Å². The molecule has 2 aromatic carbocycles. The molecule has 31 heavy (non-hydrogen) atoms. The Bertz CT molecular complexity index is 1270. The van der Waals surface area contributed by atoms with E-state index in [1.54, 1.807) is 37.3 Å². The Morgan fingerprint density at radius 3 is 2.84 bits per heavy atom. The average molecular weight is 422 g/mol. The summed E-state index contributed by atoms with van der Waals surface area (Å²) in [4.78, 5) is 20.7. The first kappa shape index (κ1) is 19.7. The van der Waals surface area contributed by atoms with E-state index in [1.807, 2.05) is 12.1 Å². The number of aromatic nitrogens is 3. The van der Waals surface area contributed by atoms with Crippen LogP contribution in [0.3, 0.4) is 0 Å². The number of imidazole rings is 1. The van der Waals surface area contributed by atoms with Crippen LogP contribution in [0, 0.1) is 0 Å². The van der Waals surface area contributed by atoms with Gasteiger partial charge in [-0.15, -0.1) is 0 Å². The highest BCUT2D eigenvalue weighted by atomic mass is 19.3. The number of hydrogen-bond donors (Lipinski definition) is 2. The van der Waals surface area contributed by atoms with Gasteiger partial charge in [-0.3, -0.25) is 9.36 Å². The van der Waals surface area contributed by atoms with Crippen LogP contribution in [-0.2, 0) is 12.8 Å². The topological polar surface area (TPSA) is 62.7 Å². The van der Waals surface area contributed by atoms with Crippen molar-refractivity contribution in [1.29, 1.82) is 0 Å². The molecule has 2 heterocycles. The molecule has 1 aliphatic carbocycles. The fourth-order valence-electron chi connectivity index (χ4n) is 4.60. The maximum Gasteiger partial charge on any atom is 0.320 e. The summed E-state index contributed by atoms with van der Waals surface area (Å²) in [5.41, 5.74) is 5.15. The van der Waals surface area contributed by atoms with Crippen molar-refractivity contribution >= 4 is 27.8 Å². The summed E-state index contributed by atoms with van der Waals surface area (Å²) in [6.45, 7) is -0.674. The fourth-order valence-corrected chi connectivity index (χ4v) is 4.60. The lowest BCUT2D eigenvalue weighted by Gasteiger charge is -2.15. The van der Waals surface area contributed by atoms with E-state index in [0.717, 1.165) is 28.3 Å². The molecule has 0 bridgehead atoms. The third-order valence-corrected chi connectivity index (χ3v) is 6.19. The Balaban J connectivity index is 1.36. The van der Waals surface area contributed by atoms with E-state index in [4.69, 9.17) is 0 Å². The number of nitrogens with zero attached hydrogens (tertiary/aromatic N) is 2. The standard InChI is InChI=1S/C24H24F2N4O/c1-14(22-29-20-8-4-5-9-21(20)30(22)24(25)26)13-27-23(31)15-10-11-19-17(12-15)16-6-2-3-7-18(16)28-19/h4-5,8-12,14,24,28H,2-3,6-7,13H2,1H3,(H,27,31)/t14-/m0/s1. The van der Waals surface area contributed by atoms with Crippen molar-refractivity contribution in [2.24, 2.45) is 0 Å². The molecule has 2 aromatic heterocycles. The van der Waals surface area contributed by atoms with Gasteiger partial charge in [0.2, 0.25) is 0 Å². The van der Waals surface area contributed by atoms with E-state index in [0.29, 0.717) is 16.6 Å². The first-order chi connectivity index (χ1) is 15.0. The van der Waals surface area contributed by atoms with Gasteiger partial charge < -0.3 is 10.3 Å². The number of H-pyrrole nitrogens is 1. The highest BCUT2D eigenvalue weighted by molar-refractivity contribution is 5.99. The number of fused-ring (bicyclic) bond motifs is 4. The summed E-state index contributed by atoms with van der Waals surface area (Å²) >= 11 is 0. The second-order valence-corrected chi connectivity index (χ2v) is 8.27. The van der Waals surface area contributed by atoms with Gasteiger partial charge in [0.25, 0.3) is 5.91 Å². The zero-order chi connectivity index (χ0) is 21.5. The molecule has 0 unspecified atom stereocenters. The van der Waals surface area contributed by atoms with Crippen LogP contribution in [0.4, 0.5) is 8.78 Å². The van der Waals surface area contributed by atoms with E-state index in [-0.39, 0.29) is 24.2 Å². The van der Waals surface area contributed by atoms with Gasteiger partial charge in [-0.25, -0.2) is 4.98 Å². The van der Waals surface area contributed by atoms with Crippen molar-refractivity contribution in [3.8, 4) is 0 Å². The lowest BCUT2D eigenvalue weighted by molar-refractivity contribution is 0.0704. The first-order valence-corrected chi connectivity index (χ1v) is 10.7. The fraction of sp³-hybridized carbons (Fsp3) is 0.333. The average Bonchev–Trinajstić information content (AvgIpc) is 3.35. The Morgan fingerprint density at radius 1 is 1.19 bits per heavy atom. The molecule has 2 N–H and O–H groups in total. The smallest absolute Gasteiger partial charge is 0.320 e. The van der Waals surface area contributed by atoms with Crippen molar-refractivity contribution in [3.63, 3.8) is 0 Å². The predicted molar refractivity (Wildman–Crippen MR) is 117 cm³/mol. The number of carbonyl (C=O) groups is 1. The number of benzene rings is 2. The molecular formula is C24H24F2N4O. The SMILES string of the molecule is C[C@@H](CNC(=O)c1ccc2[nH]c3c(c2c1)CCCC3)c1nc2ccccc2n1C(F)F. The van der Waals surface area contributed by atoms with Gasteiger partial charge in [0, 0.05) is 34.6 Å². The van der Waals surface area contributed by atoms with Gasteiger partial charge in [0.1, 0.15) is 5.82 Å². The van der Waals surface area contributed by atoms with Crippen LogP contribution in [0.5, 0.6) is 0 Å². The number of aromatic amines is 1. The Hall–Kier alpha value is -3.22. The third kappa shape index (κ3) is 3.48. The largest absolute Gasteiger partial charge is 0.358 e. The summed E-state index contributed by atoms with van der Waals surface area (Å²) in [5.74, 6) is -0.306. The lowest BCUT2D eigenvalue weighted by Crippen LogP contribution is -2.28. The van der Waals surface area contributed by atoms with Gasteiger partial charge in [-0.1, -0.05) is 19.1 Å². The second kappa shape index (κ2) is 7.80. The van der Waals surface area contributed by atoms with Gasteiger partial charge >= 0.3 is 6.55 Å². The number of amides is 1. The molecule has 4 aromatic rings. The Kier molecular flexibility index (Phi) is 4.96. The van der Waals surface area contributed by atoms with E-state index in [2.05, 4.69) is 15.3 Å². The monoisotopic (exact) mass is 422 g/mol. The van der Waals surface area contributed by atoms with Crippen molar-refractivity contribution in [1.82, 2.24) is 19.9 Å². The molecule has 5 rings (SSSR count). The van der Waals surface area contributed by atoms with Crippen molar-refractivity contribution < 1.29 is 13.6 Å². The predicted octanol–water partition coefficient (Wildman–Crippen LogP) is 5.33. The number of alkyl halides is 2. The minimum Gasteiger partial charge on any atom is -0.358 e. The number of halogens is 2. The van der Waals surface area contributed by atoms with E-state index < -0.39 is 6.55 Å². The van der Waals surface area contributed by atoms with E-state index in [1.165, 1.54) is 24.1 Å².